The number of para-hydroxylation sites is 2. The second-order valence-corrected chi connectivity index (χ2v) is 10.2. The monoisotopic (exact) mass is 550 g/mol. The first kappa shape index (κ1) is 27.5. The number of hydrogen-bond acceptors (Lipinski definition) is 8. The predicted octanol–water partition coefficient (Wildman–Crippen LogP) is 6.10. The van der Waals surface area contributed by atoms with Crippen LogP contribution in [0.5, 0.6) is 11.5 Å². The molecule has 1 heterocycles. The molecule has 41 heavy (non-hydrogen) atoms. The molecular formula is C32H30N4O5. The minimum Gasteiger partial charge on any atom is -0.497 e. The highest BCUT2D eigenvalue weighted by molar-refractivity contribution is 6.01. The molecule has 2 N–H and O–H groups in total. The van der Waals surface area contributed by atoms with Crippen LogP contribution in [0.4, 0.5) is 11.4 Å². The molecule has 0 bridgehead atoms. The first-order valence-electron chi connectivity index (χ1n) is 13.3. The third kappa shape index (κ3) is 5.00. The molecule has 0 aromatic heterocycles. The van der Waals surface area contributed by atoms with Crippen molar-refractivity contribution in [3.8, 4) is 17.6 Å². The van der Waals surface area contributed by atoms with Gasteiger partial charge in [-0.25, -0.2) is 0 Å². The maximum atomic E-state index is 13.6. The fraction of sp³-hybridized carbons (Fsp3) is 0.250. The Kier molecular flexibility index (Phi) is 7.49. The van der Waals surface area contributed by atoms with Crippen molar-refractivity contribution < 1.29 is 19.2 Å². The van der Waals surface area contributed by atoms with E-state index in [0.717, 1.165) is 28.0 Å². The van der Waals surface area contributed by atoms with E-state index in [1.807, 2.05) is 50.2 Å². The molecule has 3 aromatic rings. The standard InChI is InChI=1S/C32H30N4O5/c1-19-15-20(2)24(16-21(19)18-41-23-13-11-22(40-3)12-14-23)30-25(17-33)32(34)35(28-9-6-10-29(37)31(28)30)26-7-4-5-8-27(26)36(38)39/h4-5,7-8,11-16,30H,6,9-10,18,34H2,1-3H3. The van der Waals surface area contributed by atoms with Gasteiger partial charge in [0.2, 0.25) is 0 Å². The number of carbonyl (C=O) groups is 1. The van der Waals surface area contributed by atoms with Crippen LogP contribution in [0.1, 0.15) is 47.4 Å². The highest BCUT2D eigenvalue weighted by atomic mass is 16.6. The number of nitro benzene ring substituents is 1. The van der Waals surface area contributed by atoms with Crippen LogP contribution >= 0.6 is 0 Å². The zero-order valence-electron chi connectivity index (χ0n) is 23.1. The molecule has 0 radical (unpaired) electrons. The SMILES string of the molecule is COc1ccc(OCc2cc(C3C(C#N)=C(N)N(c4ccccc4[N+](=O)[O-])C4=C3C(=O)CCC4)c(C)cc2C)cc1. The number of aryl methyl sites for hydroxylation is 2. The lowest BCUT2D eigenvalue weighted by Crippen LogP contribution is -2.39. The third-order valence-corrected chi connectivity index (χ3v) is 7.72. The fourth-order valence-electron chi connectivity index (χ4n) is 5.70. The summed E-state index contributed by atoms with van der Waals surface area (Å²) in [6, 6.07) is 19.8. The number of benzene rings is 3. The molecule has 9 heteroatoms. The average molecular weight is 551 g/mol. The Bertz CT molecular complexity index is 1650. The summed E-state index contributed by atoms with van der Waals surface area (Å²) in [7, 11) is 1.60. The summed E-state index contributed by atoms with van der Waals surface area (Å²) >= 11 is 0. The number of rotatable bonds is 7. The molecule has 0 spiro atoms. The Morgan fingerprint density at radius 1 is 1.07 bits per heavy atom. The summed E-state index contributed by atoms with van der Waals surface area (Å²) in [6.45, 7) is 4.22. The number of anilines is 1. The number of Topliss-reactive ketones (excluding diaryl/α,β-unsaturated/α-hetero) is 1. The van der Waals surface area contributed by atoms with Gasteiger partial charge in [0.05, 0.1) is 29.6 Å². The van der Waals surface area contributed by atoms with Crippen molar-refractivity contribution in [2.24, 2.45) is 5.73 Å². The molecule has 1 atom stereocenters. The van der Waals surface area contributed by atoms with Crippen LogP contribution in [-0.4, -0.2) is 17.8 Å². The van der Waals surface area contributed by atoms with Gasteiger partial charge in [0, 0.05) is 23.8 Å². The van der Waals surface area contributed by atoms with Crippen LogP contribution in [0.2, 0.25) is 0 Å². The number of carbonyl (C=O) groups excluding carboxylic acids is 1. The summed E-state index contributed by atoms with van der Waals surface area (Å²) in [4.78, 5) is 26.5. The number of hydrogen-bond donors (Lipinski definition) is 1. The molecule has 1 unspecified atom stereocenters. The van der Waals surface area contributed by atoms with E-state index in [1.165, 1.54) is 11.0 Å². The van der Waals surface area contributed by atoms with Crippen LogP contribution in [0.15, 0.2) is 83.3 Å². The predicted molar refractivity (Wildman–Crippen MR) is 154 cm³/mol. The van der Waals surface area contributed by atoms with E-state index < -0.39 is 10.8 Å². The molecular weight excluding hydrogens is 520 g/mol. The van der Waals surface area contributed by atoms with Crippen LogP contribution in [-0.2, 0) is 11.4 Å². The second-order valence-electron chi connectivity index (χ2n) is 10.2. The van der Waals surface area contributed by atoms with E-state index in [-0.39, 0.29) is 35.2 Å². The summed E-state index contributed by atoms with van der Waals surface area (Å²) in [5, 5.41) is 22.3. The maximum Gasteiger partial charge on any atom is 0.293 e. The molecule has 1 aliphatic carbocycles. The van der Waals surface area contributed by atoms with Crippen LogP contribution in [0.25, 0.3) is 0 Å². The van der Waals surface area contributed by atoms with Gasteiger partial charge in [-0.1, -0.05) is 24.3 Å². The number of methoxy groups -OCH3 is 1. The van der Waals surface area contributed by atoms with Gasteiger partial charge < -0.3 is 15.2 Å². The van der Waals surface area contributed by atoms with Crippen molar-refractivity contribution in [1.29, 1.82) is 5.26 Å². The number of ketones is 1. The number of nitriles is 1. The van der Waals surface area contributed by atoms with Crippen molar-refractivity contribution in [3.05, 3.63) is 116 Å². The molecule has 5 rings (SSSR count). The Labute approximate surface area is 238 Å². The zero-order chi connectivity index (χ0) is 29.3. The van der Waals surface area contributed by atoms with Gasteiger partial charge in [0.1, 0.15) is 29.6 Å². The third-order valence-electron chi connectivity index (χ3n) is 7.72. The normalized spacial score (nSPS) is 16.8. The Hall–Kier alpha value is -5.10. The quantitative estimate of drug-likeness (QED) is 0.276. The minimum absolute atomic E-state index is 0.0870. The highest BCUT2D eigenvalue weighted by Crippen LogP contribution is 2.48. The molecule has 0 fully saturated rings. The molecule has 9 nitrogen and oxygen atoms in total. The Morgan fingerprint density at radius 2 is 1.78 bits per heavy atom. The van der Waals surface area contributed by atoms with E-state index in [4.69, 9.17) is 15.2 Å². The van der Waals surface area contributed by atoms with Gasteiger partial charge in [-0.05, 0) is 79.3 Å². The van der Waals surface area contributed by atoms with E-state index in [0.29, 0.717) is 36.3 Å². The van der Waals surface area contributed by atoms with Crippen LogP contribution in [0.3, 0.4) is 0 Å². The summed E-state index contributed by atoms with van der Waals surface area (Å²) < 4.78 is 11.3. The van der Waals surface area contributed by atoms with Gasteiger partial charge in [0.25, 0.3) is 5.69 Å². The largest absolute Gasteiger partial charge is 0.497 e. The number of nitrogens with two attached hydrogens (primary N) is 1. The smallest absolute Gasteiger partial charge is 0.293 e. The summed E-state index contributed by atoms with van der Waals surface area (Å²) in [5.41, 5.74) is 11.6. The van der Waals surface area contributed by atoms with Crippen molar-refractivity contribution >= 4 is 17.2 Å². The lowest BCUT2D eigenvalue weighted by atomic mass is 9.74. The number of nitro groups is 1. The molecule has 0 saturated carbocycles. The molecule has 0 saturated heterocycles. The molecule has 3 aromatic carbocycles. The maximum absolute atomic E-state index is 13.6. The molecule has 0 amide bonds. The van der Waals surface area contributed by atoms with E-state index in [2.05, 4.69) is 6.07 Å². The first-order valence-corrected chi connectivity index (χ1v) is 13.3. The lowest BCUT2D eigenvalue weighted by Gasteiger charge is -2.39. The Balaban J connectivity index is 1.62. The minimum atomic E-state index is -0.692. The molecule has 208 valence electrons. The van der Waals surface area contributed by atoms with Gasteiger partial charge in [-0.3, -0.25) is 19.8 Å². The van der Waals surface area contributed by atoms with Crippen molar-refractivity contribution in [3.63, 3.8) is 0 Å². The van der Waals surface area contributed by atoms with Crippen LogP contribution in [0, 0.1) is 35.3 Å². The number of nitrogens with zero attached hydrogens (tertiary/aromatic N) is 3. The molecule has 2 aliphatic rings. The number of allylic oxidation sites excluding steroid dienone is 3. The fourth-order valence-corrected chi connectivity index (χ4v) is 5.70. The van der Waals surface area contributed by atoms with E-state index in [1.54, 1.807) is 25.3 Å². The van der Waals surface area contributed by atoms with Crippen molar-refractivity contribution in [2.45, 2.75) is 45.6 Å². The van der Waals surface area contributed by atoms with Gasteiger partial charge in [0.15, 0.2) is 5.78 Å². The van der Waals surface area contributed by atoms with Crippen molar-refractivity contribution in [1.82, 2.24) is 0 Å². The van der Waals surface area contributed by atoms with E-state index in [9.17, 15) is 20.2 Å². The highest BCUT2D eigenvalue weighted by Gasteiger charge is 2.42. The second kappa shape index (κ2) is 11.2. The van der Waals surface area contributed by atoms with E-state index >= 15 is 0 Å². The van der Waals surface area contributed by atoms with Gasteiger partial charge >= 0.3 is 0 Å². The topological polar surface area (TPSA) is 132 Å². The lowest BCUT2D eigenvalue weighted by molar-refractivity contribution is -0.384. The van der Waals surface area contributed by atoms with Gasteiger partial charge in [-0.2, -0.15) is 5.26 Å². The van der Waals surface area contributed by atoms with Gasteiger partial charge in [-0.15, -0.1) is 0 Å². The first-order chi connectivity index (χ1) is 19.7. The molecule has 1 aliphatic heterocycles. The average Bonchev–Trinajstić information content (AvgIpc) is 2.97. The Morgan fingerprint density at radius 3 is 2.46 bits per heavy atom. The number of ether oxygens (including phenoxy) is 2. The summed E-state index contributed by atoms with van der Waals surface area (Å²) in [6.07, 6.45) is 1.42. The summed E-state index contributed by atoms with van der Waals surface area (Å²) in [5.74, 6) is 0.724. The van der Waals surface area contributed by atoms with Crippen LogP contribution < -0.4 is 20.1 Å². The zero-order valence-corrected chi connectivity index (χ0v) is 23.1. The van der Waals surface area contributed by atoms with Crippen molar-refractivity contribution in [2.75, 3.05) is 12.0 Å².